The highest BCUT2D eigenvalue weighted by atomic mass is 16.5. The molecule has 0 saturated carbocycles. The van der Waals surface area contributed by atoms with Gasteiger partial charge in [-0.05, 0) is 51.4 Å². The summed E-state index contributed by atoms with van der Waals surface area (Å²) in [6.45, 7) is 6.51. The molecular formula is C61H115NO5. The molecule has 0 heterocycles. The van der Waals surface area contributed by atoms with Gasteiger partial charge in [0, 0.05) is 6.42 Å². The summed E-state index contributed by atoms with van der Waals surface area (Å²) in [5.41, 5.74) is 0. The van der Waals surface area contributed by atoms with Crippen molar-refractivity contribution in [1.29, 1.82) is 0 Å². The van der Waals surface area contributed by atoms with E-state index in [2.05, 4.69) is 62.5 Å². The number of nitrogens with one attached hydrogen (secondary N) is 1. The van der Waals surface area contributed by atoms with Gasteiger partial charge < -0.3 is 20.3 Å². The Morgan fingerprint density at radius 1 is 0.433 bits per heavy atom. The number of unbranched alkanes of at least 4 members (excludes halogenated alkanes) is 38. The molecule has 0 aliphatic rings. The standard InChI is InChI=1S/C61H115NO5/c1-4-7-10-13-16-19-22-25-28-30-31-33-36-39-42-45-48-51-54-61(66)67-57(52-49-46-43-40-37-34-27-24-21-18-15-12-9-6-3)55-60(65)62-58(56-63)59(64)53-50-47-44-41-38-35-32-29-26-23-20-17-14-11-8-5-2/h22,25,28,30-31,33,57-59,63-64H,4-21,23-24,26-27,29,32,34-56H2,1-3H3,(H,62,65)/b25-22+,30-28+,33-31+. The second-order valence-electron chi connectivity index (χ2n) is 20.5. The van der Waals surface area contributed by atoms with E-state index in [-0.39, 0.29) is 24.9 Å². The van der Waals surface area contributed by atoms with E-state index in [1.807, 2.05) is 0 Å². The summed E-state index contributed by atoms with van der Waals surface area (Å²) in [7, 11) is 0. The first-order valence-electron chi connectivity index (χ1n) is 29.7. The van der Waals surface area contributed by atoms with Crippen LogP contribution in [0, 0.1) is 0 Å². The molecule has 67 heavy (non-hydrogen) atoms. The van der Waals surface area contributed by atoms with Crippen molar-refractivity contribution in [3.8, 4) is 0 Å². The van der Waals surface area contributed by atoms with Gasteiger partial charge in [0.05, 0.1) is 25.2 Å². The Hall–Kier alpha value is -1.92. The zero-order valence-electron chi connectivity index (χ0n) is 45.0. The van der Waals surface area contributed by atoms with Crippen molar-refractivity contribution in [2.75, 3.05) is 6.61 Å². The zero-order chi connectivity index (χ0) is 48.8. The molecule has 0 saturated heterocycles. The minimum absolute atomic E-state index is 0.0740. The highest BCUT2D eigenvalue weighted by molar-refractivity contribution is 5.77. The Morgan fingerprint density at radius 3 is 1.13 bits per heavy atom. The molecule has 0 aromatic carbocycles. The minimum atomic E-state index is -0.790. The molecule has 0 spiro atoms. The zero-order valence-corrected chi connectivity index (χ0v) is 45.0. The fourth-order valence-corrected chi connectivity index (χ4v) is 9.26. The van der Waals surface area contributed by atoms with E-state index in [0.29, 0.717) is 19.3 Å². The molecule has 0 aromatic rings. The Kier molecular flexibility index (Phi) is 53.4. The van der Waals surface area contributed by atoms with Crippen LogP contribution in [0.2, 0.25) is 0 Å². The normalized spacial score (nSPS) is 13.3. The van der Waals surface area contributed by atoms with E-state index in [4.69, 9.17) is 4.74 Å². The highest BCUT2D eigenvalue weighted by Crippen LogP contribution is 2.19. The Labute approximate surface area is 417 Å². The number of carbonyl (C=O) groups is 2. The number of amides is 1. The average Bonchev–Trinajstić information content (AvgIpc) is 3.32. The third-order valence-electron chi connectivity index (χ3n) is 13.8. The molecule has 0 bridgehead atoms. The van der Waals surface area contributed by atoms with E-state index in [1.54, 1.807) is 0 Å². The van der Waals surface area contributed by atoms with Crippen LogP contribution in [0.1, 0.15) is 316 Å². The van der Waals surface area contributed by atoms with E-state index < -0.39 is 18.2 Å². The lowest BCUT2D eigenvalue weighted by Gasteiger charge is -2.24. The van der Waals surface area contributed by atoms with Crippen molar-refractivity contribution in [2.45, 2.75) is 334 Å². The Balaban J connectivity index is 4.54. The Morgan fingerprint density at radius 2 is 0.761 bits per heavy atom. The molecular weight excluding hydrogens is 827 g/mol. The summed E-state index contributed by atoms with van der Waals surface area (Å²) in [4.78, 5) is 26.3. The first-order chi connectivity index (χ1) is 33.0. The van der Waals surface area contributed by atoms with Crippen LogP contribution in [0.4, 0.5) is 0 Å². The van der Waals surface area contributed by atoms with Crippen molar-refractivity contribution in [1.82, 2.24) is 5.32 Å². The molecule has 3 N–H and O–H groups in total. The lowest BCUT2D eigenvalue weighted by atomic mass is 10.0. The van der Waals surface area contributed by atoms with E-state index in [1.165, 1.54) is 205 Å². The number of hydrogen-bond donors (Lipinski definition) is 3. The van der Waals surface area contributed by atoms with Crippen molar-refractivity contribution in [3.63, 3.8) is 0 Å². The Bertz CT molecular complexity index is 1100. The van der Waals surface area contributed by atoms with Crippen LogP contribution in [0.15, 0.2) is 36.5 Å². The number of hydrogen-bond acceptors (Lipinski definition) is 5. The number of carbonyl (C=O) groups excluding carboxylic acids is 2. The van der Waals surface area contributed by atoms with Crippen LogP contribution in [-0.4, -0.2) is 46.9 Å². The summed E-state index contributed by atoms with van der Waals surface area (Å²) < 4.78 is 5.96. The maximum atomic E-state index is 13.3. The molecule has 0 aromatic heterocycles. The van der Waals surface area contributed by atoms with Crippen LogP contribution in [0.25, 0.3) is 0 Å². The van der Waals surface area contributed by atoms with Gasteiger partial charge in [-0.25, -0.2) is 0 Å². The lowest BCUT2D eigenvalue weighted by Crippen LogP contribution is -2.46. The SMILES string of the molecule is CCCCCCC/C=C/C=C/C=C/CCCCCCCC(=O)OC(CCCCCCCCCCCCCCCC)CC(=O)NC(CO)C(O)CCCCCCCCCCCCCCCCCC. The maximum absolute atomic E-state index is 13.3. The predicted molar refractivity (Wildman–Crippen MR) is 292 cm³/mol. The van der Waals surface area contributed by atoms with Gasteiger partial charge in [0.1, 0.15) is 6.10 Å². The summed E-state index contributed by atoms with van der Waals surface area (Å²) in [5.74, 6) is -0.479. The van der Waals surface area contributed by atoms with Crippen LogP contribution >= 0.6 is 0 Å². The van der Waals surface area contributed by atoms with Gasteiger partial charge in [0.15, 0.2) is 0 Å². The van der Waals surface area contributed by atoms with Crippen molar-refractivity contribution >= 4 is 11.9 Å². The summed E-state index contributed by atoms with van der Waals surface area (Å²) >= 11 is 0. The van der Waals surface area contributed by atoms with Gasteiger partial charge in [-0.2, -0.15) is 0 Å². The molecule has 3 unspecified atom stereocenters. The molecule has 0 aliphatic carbocycles. The van der Waals surface area contributed by atoms with Gasteiger partial charge in [-0.1, -0.05) is 288 Å². The van der Waals surface area contributed by atoms with E-state index >= 15 is 0 Å². The maximum Gasteiger partial charge on any atom is 0.306 e. The molecule has 3 atom stereocenters. The van der Waals surface area contributed by atoms with Gasteiger partial charge in [0.2, 0.25) is 5.91 Å². The lowest BCUT2D eigenvalue weighted by molar-refractivity contribution is -0.151. The fraction of sp³-hybridized carbons (Fsp3) is 0.869. The third-order valence-corrected chi connectivity index (χ3v) is 13.8. The third kappa shape index (κ3) is 50.3. The predicted octanol–water partition coefficient (Wildman–Crippen LogP) is 18.4. The van der Waals surface area contributed by atoms with Crippen LogP contribution in [0.5, 0.6) is 0 Å². The second-order valence-corrected chi connectivity index (χ2v) is 20.5. The van der Waals surface area contributed by atoms with Crippen molar-refractivity contribution in [3.05, 3.63) is 36.5 Å². The number of aliphatic hydroxyl groups excluding tert-OH is 2. The van der Waals surface area contributed by atoms with Crippen molar-refractivity contribution in [2.24, 2.45) is 0 Å². The minimum Gasteiger partial charge on any atom is -0.462 e. The summed E-state index contributed by atoms with van der Waals surface area (Å²) in [5, 5.41) is 23.9. The molecule has 0 rings (SSSR count). The monoisotopic (exact) mass is 942 g/mol. The quantitative estimate of drug-likeness (QED) is 0.0321. The first kappa shape index (κ1) is 65.1. The van der Waals surface area contributed by atoms with Crippen LogP contribution in [-0.2, 0) is 14.3 Å². The second kappa shape index (κ2) is 55.0. The topological polar surface area (TPSA) is 95.9 Å². The van der Waals surface area contributed by atoms with E-state index in [9.17, 15) is 19.8 Å². The van der Waals surface area contributed by atoms with Gasteiger partial charge in [-0.15, -0.1) is 0 Å². The fourth-order valence-electron chi connectivity index (χ4n) is 9.26. The van der Waals surface area contributed by atoms with E-state index in [0.717, 1.165) is 64.2 Å². The average molecular weight is 943 g/mol. The van der Waals surface area contributed by atoms with Crippen molar-refractivity contribution < 1.29 is 24.5 Å². The summed E-state index contributed by atoms with van der Waals surface area (Å²) in [6, 6.07) is -0.704. The molecule has 0 radical (unpaired) electrons. The molecule has 0 fully saturated rings. The largest absolute Gasteiger partial charge is 0.462 e. The van der Waals surface area contributed by atoms with Crippen LogP contribution in [0.3, 0.4) is 0 Å². The van der Waals surface area contributed by atoms with Gasteiger partial charge in [-0.3, -0.25) is 9.59 Å². The van der Waals surface area contributed by atoms with Gasteiger partial charge in [0.25, 0.3) is 0 Å². The number of allylic oxidation sites excluding steroid dienone is 6. The molecule has 394 valence electrons. The highest BCUT2D eigenvalue weighted by Gasteiger charge is 2.24. The number of esters is 1. The smallest absolute Gasteiger partial charge is 0.306 e. The number of aliphatic hydroxyl groups is 2. The van der Waals surface area contributed by atoms with Crippen LogP contribution < -0.4 is 5.32 Å². The summed E-state index contributed by atoms with van der Waals surface area (Å²) in [6.07, 6.45) is 66.3. The molecule has 0 aliphatic heterocycles. The number of rotatable bonds is 54. The molecule has 6 nitrogen and oxygen atoms in total. The molecule has 6 heteroatoms. The number of ether oxygens (including phenoxy) is 1. The first-order valence-corrected chi connectivity index (χ1v) is 29.7. The van der Waals surface area contributed by atoms with Gasteiger partial charge >= 0.3 is 5.97 Å². The molecule has 1 amide bonds.